The minimum Gasteiger partial charge on any atom is -0.367 e. The van der Waals surface area contributed by atoms with Gasteiger partial charge in [-0.3, -0.25) is 0 Å². The van der Waals surface area contributed by atoms with Gasteiger partial charge < -0.3 is 9.64 Å². The minimum absolute atomic E-state index is 0.0182. The summed E-state index contributed by atoms with van der Waals surface area (Å²) in [6.07, 6.45) is -1.51. The molecule has 0 saturated heterocycles. The van der Waals surface area contributed by atoms with Gasteiger partial charge in [-0.1, -0.05) is 54.5 Å². The summed E-state index contributed by atoms with van der Waals surface area (Å²) in [4.78, 5) is 0.245. The Labute approximate surface area is 141 Å². The van der Waals surface area contributed by atoms with Gasteiger partial charge in [0.05, 0.1) is 13.5 Å². The Morgan fingerprint density at radius 2 is 2.00 bits per heavy atom. The van der Waals surface area contributed by atoms with Crippen LogP contribution in [0.4, 0.5) is 0 Å². The number of hydrogen-bond acceptors (Lipinski definition) is 2. The van der Waals surface area contributed by atoms with Crippen LogP contribution in [0.2, 0.25) is 0 Å². The molecule has 0 aliphatic carbocycles. The van der Waals surface area contributed by atoms with Crippen molar-refractivity contribution in [3.63, 3.8) is 0 Å². The maximum Gasteiger partial charge on any atom is 0.108 e. The average Bonchev–Trinajstić information content (AvgIpc) is 2.70. The van der Waals surface area contributed by atoms with Crippen molar-refractivity contribution in [3.05, 3.63) is 71.2 Å². The number of aryl methyl sites for hydroxylation is 1. The largest absolute Gasteiger partial charge is 0.367 e. The van der Waals surface area contributed by atoms with Crippen LogP contribution < -0.4 is 0 Å². The van der Waals surface area contributed by atoms with Crippen molar-refractivity contribution in [2.45, 2.75) is 13.0 Å². The van der Waals surface area contributed by atoms with Crippen molar-refractivity contribution in [2.24, 2.45) is 0 Å². The van der Waals surface area contributed by atoms with E-state index in [4.69, 9.17) is 23.9 Å². The molecule has 2 nitrogen and oxygen atoms in total. The third kappa shape index (κ3) is 3.92. The summed E-state index contributed by atoms with van der Waals surface area (Å²) in [5.41, 5.74) is -0.567. The maximum atomic E-state index is 8.28. The van der Waals surface area contributed by atoms with Gasteiger partial charge in [0, 0.05) is 18.9 Å². The van der Waals surface area contributed by atoms with Crippen LogP contribution in [-0.2, 0) is 4.74 Å². The normalized spacial score (nSPS) is 24.6. The van der Waals surface area contributed by atoms with Crippen molar-refractivity contribution in [2.75, 3.05) is 27.1 Å². The monoisotopic (exact) mass is 283 g/mol. The van der Waals surface area contributed by atoms with Crippen LogP contribution in [0.3, 0.4) is 0 Å². The Hall–Kier alpha value is -1.64. The quantitative estimate of drug-likeness (QED) is 0.802. The molecule has 0 aromatic heterocycles. The van der Waals surface area contributed by atoms with Gasteiger partial charge in [-0.05, 0) is 37.5 Å². The van der Waals surface area contributed by atoms with Crippen molar-refractivity contribution in [1.82, 2.24) is 4.90 Å². The van der Waals surface area contributed by atoms with E-state index in [1.807, 2.05) is 0 Å². The molecule has 0 fully saturated rings. The van der Waals surface area contributed by atoms with E-state index >= 15 is 0 Å². The highest BCUT2D eigenvalue weighted by molar-refractivity contribution is 5.35. The Balaban J connectivity index is 2.63. The number of rotatable bonds is 6. The number of benzene rings is 2. The zero-order valence-corrected chi connectivity index (χ0v) is 10.7. The number of likely N-dealkylation sites (N-methyl/N-ethyl adjacent to an activating group) is 1. The van der Waals surface area contributed by atoms with Gasteiger partial charge in [-0.25, -0.2) is 0 Å². The molecule has 1 atom stereocenters. The zero-order chi connectivity index (χ0) is 26.2. The highest BCUT2D eigenvalue weighted by atomic mass is 16.5. The van der Waals surface area contributed by atoms with Gasteiger partial charge in [0.1, 0.15) is 6.10 Å². The van der Waals surface area contributed by atoms with Crippen molar-refractivity contribution >= 4 is 0 Å². The molecule has 1 unspecified atom stereocenters. The van der Waals surface area contributed by atoms with Gasteiger partial charge in [-0.2, -0.15) is 0 Å². The van der Waals surface area contributed by atoms with E-state index < -0.39 is 70.3 Å². The van der Waals surface area contributed by atoms with E-state index in [0.29, 0.717) is 0 Å². The standard InChI is InChI=1S/C18H23NO/c1-15-9-7-8-12-17(15)18(20-14-13-19(2)3)16-10-5-4-6-11-16/h4-12,18H,13-14H2,1-3H3/i1D3,2D3,3D3,4D,5D,6D,10D,11D. The SMILES string of the molecule is [2H]c1c([2H])c([2H])c(C(OCCN(C([2H])([2H])[2H])C([2H])([2H])[2H])c2ccccc2C([2H])([2H])[2H])c([2H])c1[2H]. The maximum absolute atomic E-state index is 8.28. The predicted molar refractivity (Wildman–Crippen MR) is 84.0 cm³/mol. The van der Waals surface area contributed by atoms with Gasteiger partial charge >= 0.3 is 0 Å². The van der Waals surface area contributed by atoms with Gasteiger partial charge in [0.2, 0.25) is 0 Å². The van der Waals surface area contributed by atoms with Gasteiger partial charge in [0.15, 0.2) is 0 Å². The fraction of sp³-hybridized carbons (Fsp3) is 0.333. The second-order valence-corrected chi connectivity index (χ2v) is 4.03. The Morgan fingerprint density at radius 1 is 1.20 bits per heavy atom. The number of nitrogens with zero attached hydrogens (tertiary/aromatic N) is 1. The Bertz CT molecular complexity index is 984. The summed E-state index contributed by atoms with van der Waals surface area (Å²) in [7, 11) is 0. The number of hydrogen-bond donors (Lipinski definition) is 0. The second kappa shape index (κ2) is 7.22. The molecule has 20 heavy (non-hydrogen) atoms. The lowest BCUT2D eigenvalue weighted by Crippen LogP contribution is -2.20. The lowest BCUT2D eigenvalue weighted by molar-refractivity contribution is 0.0683. The second-order valence-electron chi connectivity index (χ2n) is 4.03. The molecule has 2 heteroatoms. The molecule has 2 rings (SSSR count). The molecule has 0 radical (unpaired) electrons. The molecule has 0 amide bonds. The van der Waals surface area contributed by atoms with E-state index in [1.165, 1.54) is 24.3 Å². The highest BCUT2D eigenvalue weighted by Crippen LogP contribution is 2.28. The van der Waals surface area contributed by atoms with Crippen molar-refractivity contribution in [3.8, 4) is 0 Å². The molecule has 2 aromatic rings. The van der Waals surface area contributed by atoms with Crippen LogP contribution in [0, 0.1) is 6.85 Å². The van der Waals surface area contributed by atoms with Crippen molar-refractivity contribution in [1.29, 1.82) is 0 Å². The van der Waals surface area contributed by atoms with E-state index in [9.17, 15) is 0 Å². The first-order chi connectivity index (χ1) is 15.4. The van der Waals surface area contributed by atoms with Gasteiger partial charge in [0.25, 0.3) is 0 Å². The molecule has 0 bridgehead atoms. The summed E-state index contributed by atoms with van der Waals surface area (Å²) in [5, 5.41) is 0. The third-order valence-corrected chi connectivity index (χ3v) is 2.62. The molecule has 0 aliphatic rings. The molecule has 2 aromatic carbocycles. The van der Waals surface area contributed by atoms with Crippen molar-refractivity contribution < 1.29 is 23.9 Å². The van der Waals surface area contributed by atoms with Gasteiger partial charge in [-0.15, -0.1) is 0 Å². The molecular formula is C18H23NO. The first kappa shape index (κ1) is 4.97. The third-order valence-electron chi connectivity index (χ3n) is 2.62. The Kier molecular flexibility index (Phi) is 1.80. The van der Waals surface area contributed by atoms with Crippen LogP contribution in [0.25, 0.3) is 0 Å². The van der Waals surface area contributed by atoms with E-state index in [-0.39, 0.29) is 21.6 Å². The lowest BCUT2D eigenvalue weighted by atomic mass is 9.97. The van der Waals surface area contributed by atoms with E-state index in [1.54, 1.807) is 0 Å². The fourth-order valence-corrected chi connectivity index (χ4v) is 1.71. The first-order valence-corrected chi connectivity index (χ1v) is 5.94. The van der Waals surface area contributed by atoms with Crippen LogP contribution in [0.5, 0.6) is 0 Å². The minimum atomic E-state index is -2.99. The first-order valence-electron chi connectivity index (χ1n) is 12.9. The molecule has 0 saturated carbocycles. The molecule has 0 N–H and O–H groups in total. The molecule has 0 heterocycles. The van der Waals surface area contributed by atoms with Crippen LogP contribution >= 0.6 is 0 Å². The molecular weight excluding hydrogens is 246 g/mol. The Morgan fingerprint density at radius 3 is 2.75 bits per heavy atom. The summed E-state index contributed by atoms with van der Waals surface area (Å²) in [6.45, 7) is -9.80. The summed E-state index contributed by atoms with van der Waals surface area (Å²) < 4.78 is 114. The lowest BCUT2D eigenvalue weighted by Gasteiger charge is -2.22. The zero-order valence-electron chi connectivity index (χ0n) is 24.7. The van der Waals surface area contributed by atoms with Crippen LogP contribution in [0.1, 0.15) is 42.0 Å². The molecule has 0 spiro atoms. The summed E-state index contributed by atoms with van der Waals surface area (Å²) in [5.74, 6) is 0. The van der Waals surface area contributed by atoms with Crippen LogP contribution in [-0.4, -0.2) is 32.0 Å². The highest BCUT2D eigenvalue weighted by Gasteiger charge is 2.16. The van der Waals surface area contributed by atoms with Crippen LogP contribution in [0.15, 0.2) is 54.5 Å². The molecule has 0 aliphatic heterocycles. The number of ether oxygens (including phenoxy) is 1. The summed E-state index contributed by atoms with van der Waals surface area (Å²) >= 11 is 0. The average molecular weight is 283 g/mol. The molecule has 106 valence electrons. The smallest absolute Gasteiger partial charge is 0.108 e. The van der Waals surface area contributed by atoms with E-state index in [2.05, 4.69) is 0 Å². The fourth-order valence-electron chi connectivity index (χ4n) is 1.71. The van der Waals surface area contributed by atoms with E-state index in [0.717, 1.165) is 0 Å². The topological polar surface area (TPSA) is 12.5 Å². The predicted octanol–water partition coefficient (Wildman–Crippen LogP) is 3.66. The summed E-state index contributed by atoms with van der Waals surface area (Å²) in [6, 6.07) is 2.34.